The van der Waals surface area contributed by atoms with Crippen LogP contribution in [0.25, 0.3) is 0 Å². The van der Waals surface area contributed by atoms with Gasteiger partial charge in [-0.1, -0.05) is 6.92 Å². The zero-order valence-corrected chi connectivity index (χ0v) is 9.97. The van der Waals surface area contributed by atoms with Crippen molar-refractivity contribution in [3.63, 3.8) is 0 Å². The van der Waals surface area contributed by atoms with E-state index in [4.69, 9.17) is 0 Å². The number of nitro groups is 1. The topological polar surface area (TPSA) is 60.2 Å². The largest absolute Gasteiger partial charge is 0.446 e. The summed E-state index contributed by atoms with van der Waals surface area (Å²) in [5.41, 5.74) is -5.22. The summed E-state index contributed by atoms with van der Waals surface area (Å²) >= 11 is -0.452. The Morgan fingerprint density at radius 3 is 2.50 bits per heavy atom. The van der Waals surface area contributed by atoms with E-state index in [0.29, 0.717) is 0 Å². The SMILES string of the molecule is CCC(=O)c1cc([N+](=O)[O-])ccc1SC(F)(F)F. The number of hydrogen-bond acceptors (Lipinski definition) is 4. The average Bonchev–Trinajstić information content (AvgIpc) is 2.26. The zero-order valence-electron chi connectivity index (χ0n) is 9.15. The van der Waals surface area contributed by atoms with Gasteiger partial charge in [0, 0.05) is 29.0 Å². The molecule has 0 bridgehead atoms. The van der Waals surface area contributed by atoms with Gasteiger partial charge >= 0.3 is 5.51 Å². The molecule has 0 saturated carbocycles. The van der Waals surface area contributed by atoms with Crippen molar-refractivity contribution in [3.05, 3.63) is 33.9 Å². The van der Waals surface area contributed by atoms with Crippen LogP contribution in [0.1, 0.15) is 23.7 Å². The predicted molar refractivity (Wildman–Crippen MR) is 59.6 cm³/mol. The number of hydrogen-bond donors (Lipinski definition) is 0. The van der Waals surface area contributed by atoms with E-state index in [1.165, 1.54) is 6.92 Å². The molecule has 0 fully saturated rings. The number of alkyl halides is 3. The lowest BCUT2D eigenvalue weighted by Gasteiger charge is -2.09. The summed E-state index contributed by atoms with van der Waals surface area (Å²) in [7, 11) is 0. The van der Waals surface area contributed by atoms with Gasteiger partial charge in [-0.3, -0.25) is 14.9 Å². The van der Waals surface area contributed by atoms with Crippen LogP contribution < -0.4 is 0 Å². The molecule has 0 atom stereocenters. The van der Waals surface area contributed by atoms with Crippen LogP contribution in [-0.2, 0) is 0 Å². The molecule has 0 unspecified atom stereocenters. The van der Waals surface area contributed by atoms with Gasteiger partial charge in [-0.25, -0.2) is 0 Å². The highest BCUT2D eigenvalue weighted by Gasteiger charge is 2.31. The van der Waals surface area contributed by atoms with E-state index in [0.717, 1.165) is 18.2 Å². The number of Topliss-reactive ketones (excluding diaryl/α,β-unsaturated/α-hetero) is 1. The molecule has 0 aliphatic carbocycles. The highest BCUT2D eigenvalue weighted by Crippen LogP contribution is 2.39. The summed E-state index contributed by atoms with van der Waals surface area (Å²) in [5.74, 6) is -0.564. The number of carbonyl (C=O) groups is 1. The first-order chi connectivity index (χ1) is 8.24. The molecule has 0 aliphatic heterocycles. The molecular weight excluding hydrogens is 271 g/mol. The Balaban J connectivity index is 3.25. The van der Waals surface area contributed by atoms with Crippen molar-refractivity contribution in [3.8, 4) is 0 Å². The van der Waals surface area contributed by atoms with E-state index in [1.807, 2.05) is 0 Å². The fourth-order valence-corrected chi connectivity index (χ4v) is 1.92. The molecule has 0 amide bonds. The van der Waals surface area contributed by atoms with Crippen molar-refractivity contribution >= 4 is 23.2 Å². The van der Waals surface area contributed by atoms with Gasteiger partial charge in [0.1, 0.15) is 0 Å². The van der Waals surface area contributed by atoms with Crippen molar-refractivity contribution in [1.82, 2.24) is 0 Å². The average molecular weight is 279 g/mol. The van der Waals surface area contributed by atoms with E-state index in [9.17, 15) is 28.1 Å². The minimum atomic E-state index is -4.54. The summed E-state index contributed by atoms with van der Waals surface area (Å²) in [6.07, 6.45) is -0.0212. The molecule has 8 heteroatoms. The number of rotatable bonds is 4. The Morgan fingerprint density at radius 1 is 1.44 bits per heavy atom. The van der Waals surface area contributed by atoms with E-state index in [1.54, 1.807) is 0 Å². The molecule has 1 aromatic rings. The second-order valence-corrected chi connectivity index (χ2v) is 4.37. The molecule has 1 aromatic carbocycles. The highest BCUT2D eigenvalue weighted by atomic mass is 32.2. The number of ketones is 1. The van der Waals surface area contributed by atoms with Gasteiger partial charge in [0.25, 0.3) is 5.69 Å². The third kappa shape index (κ3) is 3.73. The van der Waals surface area contributed by atoms with Gasteiger partial charge < -0.3 is 0 Å². The molecule has 1 rings (SSSR count). The standard InChI is InChI=1S/C10H8F3NO3S/c1-2-8(15)7-5-6(14(16)17)3-4-9(7)18-10(11,12)13/h3-5H,2H2,1H3. The molecule has 18 heavy (non-hydrogen) atoms. The first-order valence-electron chi connectivity index (χ1n) is 4.82. The van der Waals surface area contributed by atoms with Crippen LogP contribution in [-0.4, -0.2) is 16.2 Å². The molecule has 0 aromatic heterocycles. The lowest BCUT2D eigenvalue weighted by molar-refractivity contribution is -0.384. The fraction of sp³-hybridized carbons (Fsp3) is 0.300. The van der Waals surface area contributed by atoms with E-state index < -0.39 is 33.7 Å². The minimum Gasteiger partial charge on any atom is -0.294 e. The van der Waals surface area contributed by atoms with Crippen molar-refractivity contribution in [2.24, 2.45) is 0 Å². The molecular formula is C10H8F3NO3S. The second kappa shape index (κ2) is 5.38. The van der Waals surface area contributed by atoms with Gasteiger partial charge in [-0.15, -0.1) is 0 Å². The molecule has 0 radical (unpaired) electrons. The maximum atomic E-state index is 12.3. The van der Waals surface area contributed by atoms with Crippen LogP contribution in [0, 0.1) is 10.1 Å². The van der Waals surface area contributed by atoms with Crippen LogP contribution >= 0.6 is 11.8 Å². The number of non-ortho nitro benzene ring substituents is 1. The monoisotopic (exact) mass is 279 g/mol. The molecule has 0 heterocycles. The summed E-state index contributed by atoms with van der Waals surface area (Å²) in [6, 6.07) is 2.76. The third-order valence-corrected chi connectivity index (χ3v) is 2.83. The van der Waals surface area contributed by atoms with Crippen LogP contribution in [0.15, 0.2) is 23.1 Å². The molecule has 0 N–H and O–H groups in total. The van der Waals surface area contributed by atoms with Crippen LogP contribution in [0.5, 0.6) is 0 Å². The molecule has 0 saturated heterocycles. The van der Waals surface area contributed by atoms with Crippen molar-refractivity contribution in [1.29, 1.82) is 0 Å². The molecule has 4 nitrogen and oxygen atoms in total. The fourth-order valence-electron chi connectivity index (χ4n) is 1.25. The number of carbonyl (C=O) groups excluding carboxylic acids is 1. The zero-order chi connectivity index (χ0) is 13.9. The molecule has 0 aliphatic rings. The summed E-state index contributed by atoms with van der Waals surface area (Å²) < 4.78 is 36.8. The Kier molecular flexibility index (Phi) is 4.33. The maximum Gasteiger partial charge on any atom is 0.446 e. The Morgan fingerprint density at radius 2 is 2.06 bits per heavy atom. The molecule has 98 valence electrons. The second-order valence-electron chi connectivity index (χ2n) is 3.26. The summed E-state index contributed by atoms with van der Waals surface area (Å²) in [4.78, 5) is 20.9. The van der Waals surface area contributed by atoms with E-state index in [2.05, 4.69) is 0 Å². The number of thioether (sulfide) groups is 1. The number of halogens is 3. The highest BCUT2D eigenvalue weighted by molar-refractivity contribution is 8.00. The normalized spacial score (nSPS) is 11.3. The van der Waals surface area contributed by atoms with Crippen molar-refractivity contribution in [2.75, 3.05) is 0 Å². The lowest BCUT2D eigenvalue weighted by Crippen LogP contribution is -2.05. The van der Waals surface area contributed by atoms with E-state index >= 15 is 0 Å². The van der Waals surface area contributed by atoms with Crippen molar-refractivity contribution < 1.29 is 22.9 Å². The minimum absolute atomic E-state index is 0.0212. The summed E-state index contributed by atoms with van der Waals surface area (Å²) in [6.45, 7) is 1.48. The Hall–Kier alpha value is -1.57. The smallest absolute Gasteiger partial charge is 0.294 e. The maximum absolute atomic E-state index is 12.3. The van der Waals surface area contributed by atoms with Crippen molar-refractivity contribution in [2.45, 2.75) is 23.7 Å². The van der Waals surface area contributed by atoms with Gasteiger partial charge in [0.15, 0.2) is 5.78 Å². The number of nitro benzene ring substituents is 1. The van der Waals surface area contributed by atoms with Gasteiger partial charge in [-0.05, 0) is 17.8 Å². The Bertz CT molecular complexity index is 488. The van der Waals surface area contributed by atoms with E-state index in [-0.39, 0.29) is 16.9 Å². The van der Waals surface area contributed by atoms with Gasteiger partial charge in [-0.2, -0.15) is 13.2 Å². The number of benzene rings is 1. The predicted octanol–water partition coefficient (Wildman–Crippen LogP) is 3.80. The number of nitrogens with zero attached hydrogens (tertiary/aromatic N) is 1. The third-order valence-electron chi connectivity index (χ3n) is 2.02. The van der Waals surface area contributed by atoms with Crippen LogP contribution in [0.4, 0.5) is 18.9 Å². The Labute approximate surface area is 104 Å². The molecule has 0 spiro atoms. The van der Waals surface area contributed by atoms with Crippen LogP contribution in [0.3, 0.4) is 0 Å². The quantitative estimate of drug-likeness (QED) is 0.364. The first-order valence-corrected chi connectivity index (χ1v) is 5.63. The van der Waals surface area contributed by atoms with Gasteiger partial charge in [0.2, 0.25) is 0 Å². The summed E-state index contributed by atoms with van der Waals surface area (Å²) in [5, 5.41) is 10.5. The van der Waals surface area contributed by atoms with Gasteiger partial charge in [0.05, 0.1) is 4.92 Å². The lowest BCUT2D eigenvalue weighted by atomic mass is 10.1. The first kappa shape index (κ1) is 14.5. The van der Waals surface area contributed by atoms with Crippen LogP contribution in [0.2, 0.25) is 0 Å².